The first kappa shape index (κ1) is 27.4. The average molecular weight is 636 g/mol. The summed E-state index contributed by atoms with van der Waals surface area (Å²) in [5, 5.41) is 2.54. The largest absolute Gasteiger partial charge is 0.309 e. The molecular weight excluding hydrogens is 607 g/mol. The zero-order valence-electron chi connectivity index (χ0n) is 27.1. The van der Waals surface area contributed by atoms with Gasteiger partial charge < -0.3 is 4.57 Å². The molecule has 0 saturated carbocycles. The summed E-state index contributed by atoms with van der Waals surface area (Å²) in [6, 6.07) is 61.4. The number of hydrogen-bond acceptors (Lipinski definition) is 2. The molecule has 1 aliphatic carbocycles. The highest BCUT2D eigenvalue weighted by atomic mass is 15.0. The van der Waals surface area contributed by atoms with Crippen molar-refractivity contribution in [3.05, 3.63) is 198 Å². The van der Waals surface area contributed by atoms with Crippen molar-refractivity contribution in [2.24, 2.45) is 0 Å². The summed E-state index contributed by atoms with van der Waals surface area (Å²) < 4.78 is 2.50. The van der Waals surface area contributed by atoms with E-state index in [9.17, 15) is 0 Å². The number of hydrogen-bond donors (Lipinski definition) is 0. The van der Waals surface area contributed by atoms with Crippen LogP contribution in [0.4, 0.5) is 0 Å². The van der Waals surface area contributed by atoms with Gasteiger partial charge in [0, 0.05) is 27.5 Å². The second-order valence-electron chi connectivity index (χ2n) is 13.3. The van der Waals surface area contributed by atoms with E-state index in [0.29, 0.717) is 0 Å². The summed E-state index contributed by atoms with van der Waals surface area (Å²) >= 11 is 0. The van der Waals surface area contributed by atoms with Crippen molar-refractivity contribution in [3.8, 4) is 50.6 Å². The molecule has 3 heteroatoms. The molecule has 7 aromatic carbocycles. The van der Waals surface area contributed by atoms with Crippen molar-refractivity contribution < 1.29 is 0 Å². The van der Waals surface area contributed by atoms with Crippen LogP contribution in [0.3, 0.4) is 0 Å². The Balaban J connectivity index is 1.33. The van der Waals surface area contributed by atoms with Gasteiger partial charge in [0.2, 0.25) is 0 Å². The molecule has 232 valence electrons. The van der Waals surface area contributed by atoms with Gasteiger partial charge in [-0.3, -0.25) is 4.98 Å². The normalized spacial score (nSPS) is 15.3. The Labute approximate surface area is 289 Å². The Bertz CT molecular complexity index is 2810. The number of nitrogens with zero attached hydrogens (tertiary/aromatic N) is 3. The lowest BCUT2D eigenvalue weighted by atomic mass is 9.64. The maximum atomic E-state index is 5.52. The molecule has 0 N–H and O–H groups in total. The summed E-state index contributed by atoms with van der Waals surface area (Å²) in [7, 11) is 0. The van der Waals surface area contributed by atoms with Crippen LogP contribution in [0.25, 0.3) is 72.4 Å². The number of para-hydroxylation sites is 3. The standard InChI is InChI=1S/C47H29N3/c1-3-15-30(16-4-1)40-29-48-44(31-17-5-2-6-18-31)45(49-40)36-23-13-21-34-32-19-7-9-24-37(32)47(43(34)36)38-25-10-12-28-42(38)50-41-27-11-8-20-33(41)35-22-14-26-39(47)46(35)50/h1-29H. The maximum Gasteiger partial charge on any atom is 0.0976 e. The number of rotatable bonds is 3. The van der Waals surface area contributed by atoms with E-state index in [1.165, 1.54) is 60.9 Å². The molecule has 0 saturated heterocycles. The van der Waals surface area contributed by atoms with E-state index in [2.05, 4.69) is 168 Å². The minimum Gasteiger partial charge on any atom is -0.309 e. The van der Waals surface area contributed by atoms with Crippen LogP contribution in [0.2, 0.25) is 0 Å². The van der Waals surface area contributed by atoms with Crippen LogP contribution in [0.5, 0.6) is 0 Å². The van der Waals surface area contributed by atoms with E-state index >= 15 is 0 Å². The first-order valence-electron chi connectivity index (χ1n) is 17.2. The van der Waals surface area contributed by atoms with Crippen LogP contribution in [0.1, 0.15) is 22.3 Å². The van der Waals surface area contributed by atoms with Gasteiger partial charge in [0.1, 0.15) is 0 Å². The highest BCUT2D eigenvalue weighted by molar-refractivity contribution is 6.13. The van der Waals surface area contributed by atoms with E-state index < -0.39 is 5.41 Å². The molecule has 0 fully saturated rings. The smallest absolute Gasteiger partial charge is 0.0976 e. The van der Waals surface area contributed by atoms with Gasteiger partial charge in [-0.05, 0) is 45.5 Å². The average Bonchev–Trinajstić information content (AvgIpc) is 3.69. The fourth-order valence-electron chi connectivity index (χ4n) is 8.95. The monoisotopic (exact) mass is 635 g/mol. The fourth-order valence-corrected chi connectivity index (χ4v) is 8.95. The molecular formula is C47H29N3. The molecule has 3 nitrogen and oxygen atoms in total. The van der Waals surface area contributed by atoms with Crippen LogP contribution in [0, 0.1) is 0 Å². The van der Waals surface area contributed by atoms with Crippen LogP contribution in [-0.2, 0) is 5.41 Å². The minimum absolute atomic E-state index is 0.596. The van der Waals surface area contributed by atoms with E-state index in [4.69, 9.17) is 9.97 Å². The minimum atomic E-state index is -0.596. The molecule has 1 aliphatic heterocycles. The molecule has 50 heavy (non-hydrogen) atoms. The van der Waals surface area contributed by atoms with Gasteiger partial charge in [0.25, 0.3) is 0 Å². The van der Waals surface area contributed by atoms with Crippen molar-refractivity contribution in [1.29, 1.82) is 0 Å². The molecule has 2 aromatic heterocycles. The van der Waals surface area contributed by atoms with Crippen molar-refractivity contribution in [3.63, 3.8) is 0 Å². The molecule has 11 rings (SSSR count). The summed E-state index contributed by atoms with van der Waals surface area (Å²) in [5.41, 5.74) is 16.5. The van der Waals surface area contributed by atoms with E-state index in [0.717, 1.165) is 33.8 Å². The summed E-state index contributed by atoms with van der Waals surface area (Å²) in [4.78, 5) is 10.7. The van der Waals surface area contributed by atoms with Gasteiger partial charge in [-0.2, -0.15) is 0 Å². The molecule has 1 spiro atoms. The second-order valence-corrected chi connectivity index (χ2v) is 13.3. The van der Waals surface area contributed by atoms with E-state index in [1.807, 2.05) is 12.3 Å². The zero-order chi connectivity index (χ0) is 32.8. The highest BCUT2D eigenvalue weighted by Crippen LogP contribution is 2.63. The molecule has 0 bridgehead atoms. The molecule has 1 unspecified atom stereocenters. The Morgan fingerprint density at radius 2 is 1.06 bits per heavy atom. The van der Waals surface area contributed by atoms with Crippen molar-refractivity contribution in [2.75, 3.05) is 0 Å². The van der Waals surface area contributed by atoms with Gasteiger partial charge >= 0.3 is 0 Å². The fraction of sp³-hybridized carbons (Fsp3) is 0.0213. The summed E-state index contributed by atoms with van der Waals surface area (Å²) in [6.07, 6.45) is 1.92. The first-order chi connectivity index (χ1) is 24.8. The zero-order valence-corrected chi connectivity index (χ0v) is 27.1. The Hall–Kier alpha value is -6.58. The molecule has 0 radical (unpaired) electrons. The molecule has 3 heterocycles. The number of fused-ring (bicyclic) bond motifs is 12. The quantitative estimate of drug-likeness (QED) is 0.193. The van der Waals surface area contributed by atoms with Gasteiger partial charge in [-0.25, -0.2) is 4.98 Å². The van der Waals surface area contributed by atoms with Crippen LogP contribution in [0.15, 0.2) is 176 Å². The van der Waals surface area contributed by atoms with E-state index in [1.54, 1.807) is 0 Å². The van der Waals surface area contributed by atoms with Crippen LogP contribution < -0.4 is 0 Å². The van der Waals surface area contributed by atoms with Crippen LogP contribution in [-0.4, -0.2) is 14.5 Å². The van der Waals surface area contributed by atoms with Crippen LogP contribution >= 0.6 is 0 Å². The Morgan fingerprint density at radius 1 is 0.440 bits per heavy atom. The topological polar surface area (TPSA) is 30.7 Å². The number of aromatic nitrogens is 3. The van der Waals surface area contributed by atoms with Gasteiger partial charge in [0.05, 0.1) is 45.4 Å². The third kappa shape index (κ3) is 3.48. The third-order valence-electron chi connectivity index (χ3n) is 10.9. The lowest BCUT2D eigenvalue weighted by Gasteiger charge is -2.40. The molecule has 1 atom stereocenters. The molecule has 0 amide bonds. The summed E-state index contributed by atoms with van der Waals surface area (Å²) in [5.74, 6) is 0. The van der Waals surface area contributed by atoms with Crippen molar-refractivity contribution >= 4 is 21.8 Å². The van der Waals surface area contributed by atoms with Crippen molar-refractivity contribution in [2.45, 2.75) is 5.41 Å². The first-order valence-corrected chi connectivity index (χ1v) is 17.2. The van der Waals surface area contributed by atoms with Crippen molar-refractivity contribution in [1.82, 2.24) is 14.5 Å². The lowest BCUT2D eigenvalue weighted by molar-refractivity contribution is 0.749. The van der Waals surface area contributed by atoms with Gasteiger partial charge in [-0.15, -0.1) is 0 Å². The highest BCUT2D eigenvalue weighted by Gasteiger charge is 2.52. The second kappa shape index (κ2) is 10.2. The molecule has 9 aromatic rings. The predicted molar refractivity (Wildman–Crippen MR) is 204 cm³/mol. The lowest BCUT2D eigenvalue weighted by Crippen LogP contribution is -2.34. The number of benzene rings is 7. The maximum absolute atomic E-state index is 5.52. The SMILES string of the molecule is c1ccc(-c2cnc(-c3ccccc3)c(-c3cccc4c3C3(c5ccccc5-4)c4ccccc4-n4c5ccccc5c5cccc3c54)n2)cc1. The summed E-state index contributed by atoms with van der Waals surface area (Å²) in [6.45, 7) is 0. The predicted octanol–water partition coefficient (Wildman–Crippen LogP) is 11.3. The third-order valence-corrected chi connectivity index (χ3v) is 10.9. The van der Waals surface area contributed by atoms with Gasteiger partial charge in [-0.1, -0.05) is 158 Å². The molecule has 2 aliphatic rings. The Kier molecular flexibility index (Phi) is 5.59. The Morgan fingerprint density at radius 3 is 1.92 bits per heavy atom. The van der Waals surface area contributed by atoms with Gasteiger partial charge in [0.15, 0.2) is 0 Å². The van der Waals surface area contributed by atoms with E-state index in [-0.39, 0.29) is 0 Å².